The Morgan fingerprint density at radius 1 is 1.02 bits per heavy atom. The van der Waals surface area contributed by atoms with Crippen LogP contribution in [0.25, 0.3) is 16.9 Å². The molecule has 0 aliphatic carbocycles. The first-order chi connectivity index (χ1) is 24.7. The highest BCUT2D eigenvalue weighted by Gasteiger charge is 2.35. The Hall–Kier alpha value is -5.65. The topological polar surface area (TPSA) is 167 Å². The van der Waals surface area contributed by atoms with Crippen LogP contribution in [-0.4, -0.2) is 66.2 Å². The van der Waals surface area contributed by atoms with Crippen molar-refractivity contribution < 1.29 is 50.5 Å². The van der Waals surface area contributed by atoms with Crippen molar-refractivity contribution in [1.29, 1.82) is 0 Å². The summed E-state index contributed by atoms with van der Waals surface area (Å²) in [4.78, 5) is 29.5. The summed E-state index contributed by atoms with van der Waals surface area (Å²) < 4.78 is 80.2. The first-order valence-corrected chi connectivity index (χ1v) is 17.6. The molecule has 1 amide bonds. The van der Waals surface area contributed by atoms with Gasteiger partial charge in [0.05, 0.1) is 33.7 Å². The van der Waals surface area contributed by atoms with Gasteiger partial charge in [-0.05, 0) is 63.6 Å². The number of halogens is 3. The maximum atomic E-state index is 13.6. The molecular formula is C35H39F3N6O8S. The molecule has 14 nitrogen and oxygen atoms in total. The highest BCUT2D eigenvalue weighted by Crippen LogP contribution is 2.33. The smallest absolute Gasteiger partial charge is 0.435 e. The Balaban J connectivity index is 1.46. The molecule has 53 heavy (non-hydrogen) atoms. The molecule has 0 saturated heterocycles. The molecule has 3 aromatic carbocycles. The van der Waals surface area contributed by atoms with Gasteiger partial charge in [0, 0.05) is 18.9 Å². The number of rotatable bonds is 13. The van der Waals surface area contributed by atoms with E-state index in [1.165, 1.54) is 26.1 Å². The maximum Gasteiger partial charge on any atom is 0.435 e. The number of alkyl halides is 3. The van der Waals surface area contributed by atoms with Gasteiger partial charge in [-0.15, -0.1) is 5.01 Å². The number of amides is 1. The largest absolute Gasteiger partial charge is 0.569 e. The number of benzene rings is 3. The minimum atomic E-state index is -4.73. The van der Waals surface area contributed by atoms with Crippen LogP contribution >= 0.6 is 0 Å². The second-order valence-electron chi connectivity index (χ2n) is 13.0. The molecule has 2 atom stereocenters. The number of carbonyl (C=O) groups excluding carboxylic acids is 2. The molecule has 0 aliphatic rings. The molecule has 4 rings (SSSR count). The Morgan fingerprint density at radius 3 is 2.23 bits per heavy atom. The van der Waals surface area contributed by atoms with Crippen molar-refractivity contribution in [1.82, 2.24) is 19.5 Å². The van der Waals surface area contributed by atoms with Gasteiger partial charge in [-0.25, -0.2) is 22.6 Å². The molecule has 0 aliphatic heterocycles. The number of hydrogen-bond acceptors (Lipinski definition) is 10. The van der Waals surface area contributed by atoms with Gasteiger partial charge in [-0.1, -0.05) is 60.2 Å². The van der Waals surface area contributed by atoms with E-state index in [2.05, 4.69) is 10.4 Å². The van der Waals surface area contributed by atoms with E-state index >= 15 is 0 Å². The van der Waals surface area contributed by atoms with Gasteiger partial charge >= 0.3 is 18.2 Å². The molecular weight excluding hydrogens is 721 g/mol. The van der Waals surface area contributed by atoms with Crippen molar-refractivity contribution >= 4 is 22.1 Å². The SMILES string of the molecule is Cc1ccc(-c2cc(C(F)(F)F)nn2-c2ccc(S(=O)(=O)NC(=O)OC[C@H](Cc3ccccc3)N(C)/[N+]([O-])=N/OC(C)OC(=O)C(C)(C)C)cc2)cc1. The van der Waals surface area contributed by atoms with E-state index in [0.717, 1.165) is 39.0 Å². The number of nitrogens with zero attached hydrogens (tertiary/aromatic N) is 5. The fourth-order valence-electron chi connectivity index (χ4n) is 4.62. The zero-order chi connectivity index (χ0) is 39.1. The Bertz CT molecular complexity index is 2020. The van der Waals surface area contributed by atoms with Gasteiger partial charge in [0.1, 0.15) is 12.6 Å². The summed E-state index contributed by atoms with van der Waals surface area (Å²) in [5, 5.41) is 21.0. The number of nitrogens with one attached hydrogen (secondary N) is 1. The summed E-state index contributed by atoms with van der Waals surface area (Å²) in [7, 11) is -3.19. The second-order valence-corrected chi connectivity index (χ2v) is 14.7. The monoisotopic (exact) mass is 760 g/mol. The summed E-state index contributed by atoms with van der Waals surface area (Å²) in [5.41, 5.74) is 0.387. The Morgan fingerprint density at radius 2 is 1.64 bits per heavy atom. The number of hydrogen-bond donors (Lipinski definition) is 1. The standard InChI is InChI=1S/C35H39F3N6O8S/c1-23-12-14-26(15-13-23)30-21-31(35(36,37)38)39-43(30)27-16-18-29(19-17-27)53(48,49)40-33(46)50-22-28(20-25-10-8-7-9-11-25)42(6)44(47)41-52-24(2)51-32(45)34(3,4)5/h7-19,21,24,28H,20,22H2,1-6H3,(H,40,46)/b44-41-/t24?,28-/m0/s1. The minimum Gasteiger partial charge on any atom is -0.569 e. The molecule has 284 valence electrons. The van der Waals surface area contributed by atoms with Crippen LogP contribution in [0.5, 0.6) is 0 Å². The lowest BCUT2D eigenvalue weighted by molar-refractivity contribution is -0.715. The van der Waals surface area contributed by atoms with Crippen molar-refractivity contribution in [2.75, 3.05) is 13.7 Å². The number of esters is 1. The Kier molecular flexibility index (Phi) is 12.4. The third-order valence-electron chi connectivity index (χ3n) is 7.63. The summed E-state index contributed by atoms with van der Waals surface area (Å²) >= 11 is 0. The number of ether oxygens (including phenoxy) is 2. The minimum absolute atomic E-state index is 0.0656. The van der Waals surface area contributed by atoms with Crippen LogP contribution in [0.4, 0.5) is 18.0 Å². The van der Waals surface area contributed by atoms with Crippen LogP contribution in [0.2, 0.25) is 0 Å². The molecule has 1 heterocycles. The Labute approximate surface area is 304 Å². The number of hydrazine groups is 1. The number of aromatic nitrogens is 2. The predicted octanol–water partition coefficient (Wildman–Crippen LogP) is 6.57. The van der Waals surface area contributed by atoms with Gasteiger partial charge in [-0.3, -0.25) is 9.63 Å². The van der Waals surface area contributed by atoms with Crippen molar-refractivity contribution in [2.24, 2.45) is 10.7 Å². The lowest BCUT2D eigenvalue weighted by Crippen LogP contribution is -2.43. The first-order valence-electron chi connectivity index (χ1n) is 16.1. The summed E-state index contributed by atoms with van der Waals surface area (Å²) in [6, 6.07) is 20.3. The predicted molar refractivity (Wildman–Crippen MR) is 184 cm³/mol. The van der Waals surface area contributed by atoms with Crippen molar-refractivity contribution in [2.45, 2.75) is 64.4 Å². The molecule has 0 fully saturated rings. The highest BCUT2D eigenvalue weighted by molar-refractivity contribution is 7.90. The van der Waals surface area contributed by atoms with E-state index in [-0.39, 0.29) is 27.7 Å². The van der Waals surface area contributed by atoms with Gasteiger partial charge in [0.15, 0.2) is 5.69 Å². The van der Waals surface area contributed by atoms with Crippen molar-refractivity contribution in [3.8, 4) is 16.9 Å². The maximum absolute atomic E-state index is 13.6. The molecule has 0 spiro atoms. The highest BCUT2D eigenvalue weighted by atomic mass is 32.2. The van der Waals surface area contributed by atoms with Crippen LogP contribution < -0.4 is 4.72 Å². The normalized spacial score (nSPS) is 13.5. The quantitative estimate of drug-likeness (QED) is 0.0518. The number of aryl methyl sites for hydroxylation is 1. The average Bonchev–Trinajstić information content (AvgIpc) is 3.55. The zero-order valence-corrected chi connectivity index (χ0v) is 30.5. The van der Waals surface area contributed by atoms with E-state index in [4.69, 9.17) is 14.3 Å². The molecule has 0 bridgehead atoms. The van der Waals surface area contributed by atoms with E-state index < -0.39 is 58.3 Å². The molecule has 1 unspecified atom stereocenters. The first kappa shape index (κ1) is 40.1. The van der Waals surface area contributed by atoms with Crippen LogP contribution in [0.3, 0.4) is 0 Å². The average molecular weight is 761 g/mol. The van der Waals surface area contributed by atoms with Gasteiger partial charge in [0.2, 0.25) is 5.28 Å². The second kappa shape index (κ2) is 16.4. The number of likely N-dealkylation sites (N-methyl/N-ethyl adjacent to an activating group) is 1. The van der Waals surface area contributed by atoms with E-state index in [1.54, 1.807) is 80.1 Å². The third kappa shape index (κ3) is 10.9. The van der Waals surface area contributed by atoms with Crippen LogP contribution in [0.1, 0.15) is 44.5 Å². The van der Waals surface area contributed by atoms with Gasteiger partial charge < -0.3 is 14.7 Å². The molecule has 18 heteroatoms. The number of carbonyl (C=O) groups is 2. The summed E-state index contributed by atoms with van der Waals surface area (Å²) in [5.74, 6) is -0.581. The zero-order valence-electron chi connectivity index (χ0n) is 29.7. The fourth-order valence-corrected chi connectivity index (χ4v) is 5.51. The van der Waals surface area contributed by atoms with Gasteiger partial charge in [-0.2, -0.15) is 18.3 Å². The van der Waals surface area contributed by atoms with Crippen LogP contribution in [0, 0.1) is 17.5 Å². The molecule has 4 aromatic rings. The van der Waals surface area contributed by atoms with Crippen LogP contribution in [0.15, 0.2) is 95.1 Å². The number of sulfonamides is 1. The fraction of sp³-hybridized carbons (Fsp3) is 0.343. The lowest BCUT2D eigenvalue weighted by Gasteiger charge is -2.24. The van der Waals surface area contributed by atoms with Crippen molar-refractivity contribution in [3.05, 3.63) is 107 Å². The van der Waals surface area contributed by atoms with E-state index in [1.807, 2.05) is 6.92 Å². The lowest BCUT2D eigenvalue weighted by atomic mass is 9.97. The summed E-state index contributed by atoms with van der Waals surface area (Å²) in [6.45, 7) is 7.63. The van der Waals surface area contributed by atoms with E-state index in [0.29, 0.717) is 5.56 Å². The van der Waals surface area contributed by atoms with Crippen LogP contribution in [-0.2, 0) is 41.7 Å². The van der Waals surface area contributed by atoms with E-state index in [9.17, 15) is 36.4 Å². The molecule has 1 N–H and O–H groups in total. The molecule has 0 radical (unpaired) electrons. The van der Waals surface area contributed by atoms with Gasteiger partial charge in [0.25, 0.3) is 16.3 Å². The molecule has 1 aromatic heterocycles. The molecule has 0 saturated carbocycles. The third-order valence-corrected chi connectivity index (χ3v) is 8.95. The summed E-state index contributed by atoms with van der Waals surface area (Å²) in [6.07, 6.45) is -7.15. The van der Waals surface area contributed by atoms with Crippen molar-refractivity contribution in [3.63, 3.8) is 0 Å².